The average Bonchev–Trinajstić information content (AvgIpc) is 2.92. The topological polar surface area (TPSA) is 114 Å². The monoisotopic (exact) mass is 352 g/mol. The molecule has 0 unspecified atom stereocenters. The highest BCUT2D eigenvalue weighted by Gasteiger charge is 3.01. The van der Waals surface area contributed by atoms with E-state index in [9.17, 15) is 10.5 Å². The van der Waals surface area contributed by atoms with Gasteiger partial charge in [0.25, 0.3) is 5.91 Å². The van der Waals surface area contributed by atoms with Gasteiger partial charge in [0.1, 0.15) is 11.6 Å². The van der Waals surface area contributed by atoms with E-state index in [0.717, 1.165) is 5.56 Å². The molecule has 2 fully saturated rings. The molecular weight excluding hydrogens is 332 g/mol. The van der Waals surface area contributed by atoms with E-state index in [-0.39, 0.29) is 11.9 Å². The number of fused-ring (bicyclic) bond motifs is 2. The molecule has 26 heavy (non-hydrogen) atoms. The molecule has 1 saturated carbocycles. The van der Waals surface area contributed by atoms with Crippen LogP contribution in [0.2, 0.25) is 0 Å². The Hall–Kier alpha value is -2.61. The van der Waals surface area contributed by atoms with Crippen LogP contribution in [-0.2, 0) is 14.9 Å². The van der Waals surface area contributed by atoms with Gasteiger partial charge in [0.2, 0.25) is 0 Å². The minimum Gasteiger partial charge on any atom is -0.497 e. The Labute approximate surface area is 152 Å². The van der Waals surface area contributed by atoms with Gasteiger partial charge in [-0.05, 0) is 31.0 Å². The van der Waals surface area contributed by atoms with E-state index >= 15 is 0 Å². The first-order valence-electron chi connectivity index (χ1n) is 8.60. The van der Waals surface area contributed by atoms with Gasteiger partial charge < -0.3 is 19.9 Å². The predicted octanol–water partition coefficient (Wildman–Crippen LogP) is 1.84. The van der Waals surface area contributed by atoms with Crippen LogP contribution in [0.25, 0.3) is 0 Å². The van der Waals surface area contributed by atoms with Crippen molar-refractivity contribution in [1.29, 1.82) is 10.5 Å². The van der Waals surface area contributed by atoms with Crippen molar-refractivity contribution in [2.24, 2.45) is 21.6 Å². The van der Waals surface area contributed by atoms with Crippen LogP contribution >= 0.6 is 0 Å². The molecule has 134 valence electrons. The van der Waals surface area contributed by atoms with Gasteiger partial charge in [-0.1, -0.05) is 19.1 Å². The lowest BCUT2D eigenvalue weighted by Gasteiger charge is -2.31. The Balaban J connectivity index is 1.98. The summed E-state index contributed by atoms with van der Waals surface area (Å²) in [6.07, 6.45) is 0.275. The highest BCUT2D eigenvalue weighted by atomic mass is 16.8. The standard InChI is InChI=1S/C19H20N4O3/c1-4-16(13-5-7-14(24-3)8-6-13)17(10-20)15(22)23-19(18(16,17)11-21)25-9-12(2)26-19/h5-8,12H,4,9H2,1-3H3,(H2,22,23)/t12-,16+,17-,18+,19+/m0/s1. The highest BCUT2D eigenvalue weighted by molar-refractivity contribution is 6.02. The van der Waals surface area contributed by atoms with E-state index < -0.39 is 22.2 Å². The fraction of sp³-hybridized carbons (Fsp3) is 0.526. The number of benzene rings is 1. The number of nitrogens with two attached hydrogens (primary N) is 1. The molecule has 2 heterocycles. The van der Waals surface area contributed by atoms with Gasteiger partial charge in [-0.15, -0.1) is 0 Å². The van der Waals surface area contributed by atoms with Gasteiger partial charge in [-0.2, -0.15) is 10.5 Å². The van der Waals surface area contributed by atoms with Crippen molar-refractivity contribution in [2.75, 3.05) is 13.7 Å². The van der Waals surface area contributed by atoms with Crippen molar-refractivity contribution < 1.29 is 14.2 Å². The smallest absolute Gasteiger partial charge is 0.294 e. The van der Waals surface area contributed by atoms with Gasteiger partial charge >= 0.3 is 0 Å². The maximum Gasteiger partial charge on any atom is 0.294 e. The first-order chi connectivity index (χ1) is 12.4. The summed E-state index contributed by atoms with van der Waals surface area (Å²) in [5.74, 6) is -0.744. The van der Waals surface area contributed by atoms with Crippen LogP contribution in [0.4, 0.5) is 0 Å². The summed E-state index contributed by atoms with van der Waals surface area (Å²) >= 11 is 0. The lowest BCUT2D eigenvalue weighted by molar-refractivity contribution is -0.197. The second-order valence-corrected chi connectivity index (χ2v) is 7.03. The third-order valence-electron chi connectivity index (χ3n) is 6.23. The molecule has 7 nitrogen and oxygen atoms in total. The lowest BCUT2D eigenvalue weighted by atomic mass is 9.80. The molecule has 0 radical (unpaired) electrons. The zero-order chi connectivity index (χ0) is 18.8. The second kappa shape index (κ2) is 4.97. The molecule has 5 atom stereocenters. The van der Waals surface area contributed by atoms with Crippen molar-refractivity contribution in [1.82, 2.24) is 0 Å². The molecule has 7 heteroatoms. The van der Waals surface area contributed by atoms with Crippen molar-refractivity contribution in [3.8, 4) is 17.9 Å². The second-order valence-electron chi connectivity index (χ2n) is 7.03. The van der Waals surface area contributed by atoms with E-state index in [1.807, 2.05) is 38.1 Å². The van der Waals surface area contributed by atoms with Gasteiger partial charge in [0.05, 0.1) is 37.4 Å². The molecule has 2 N–H and O–H groups in total. The molecule has 0 aromatic heterocycles. The number of hydrogen-bond donors (Lipinski definition) is 1. The van der Waals surface area contributed by atoms with Crippen LogP contribution in [0.3, 0.4) is 0 Å². The summed E-state index contributed by atoms with van der Waals surface area (Å²) in [5, 5.41) is 20.5. The molecule has 1 aromatic carbocycles. The highest BCUT2D eigenvalue weighted by Crippen LogP contribution is 2.86. The number of ether oxygens (including phenoxy) is 3. The van der Waals surface area contributed by atoms with E-state index in [1.54, 1.807) is 7.11 Å². The van der Waals surface area contributed by atoms with Gasteiger partial charge in [-0.3, -0.25) is 0 Å². The SMILES string of the molecule is CC[C@@]1(c2ccc(OC)cc2)[C@]2(C#N)C(N)=N[C@@]3(OC[C@H](C)O3)[C@@]21C#N. The number of methoxy groups -OCH3 is 1. The normalized spacial score (nSPS) is 42.7. The fourth-order valence-corrected chi connectivity index (χ4v) is 5.23. The van der Waals surface area contributed by atoms with E-state index in [1.165, 1.54) is 0 Å². The number of nitrogens with zero attached hydrogens (tertiary/aromatic N) is 3. The Bertz CT molecular complexity index is 886. The van der Waals surface area contributed by atoms with Crippen LogP contribution in [0.5, 0.6) is 5.75 Å². The Morgan fingerprint density at radius 2 is 2.00 bits per heavy atom. The molecule has 1 saturated heterocycles. The summed E-state index contributed by atoms with van der Waals surface area (Å²) in [5.41, 5.74) is 3.60. The number of hydrogen-bond acceptors (Lipinski definition) is 7. The minimum atomic E-state index is -1.54. The zero-order valence-corrected chi connectivity index (χ0v) is 14.9. The number of nitriles is 2. The van der Waals surface area contributed by atoms with E-state index in [0.29, 0.717) is 18.8 Å². The Morgan fingerprint density at radius 3 is 2.46 bits per heavy atom. The van der Waals surface area contributed by atoms with Gasteiger partial charge in [0.15, 0.2) is 10.8 Å². The molecular formula is C19H20N4O3. The predicted molar refractivity (Wildman–Crippen MR) is 91.9 cm³/mol. The van der Waals surface area contributed by atoms with Gasteiger partial charge in [-0.25, -0.2) is 4.99 Å². The van der Waals surface area contributed by atoms with Crippen LogP contribution in [0, 0.1) is 33.5 Å². The summed E-state index contributed by atoms with van der Waals surface area (Å²) < 4.78 is 17.1. The quantitative estimate of drug-likeness (QED) is 0.888. The average molecular weight is 352 g/mol. The van der Waals surface area contributed by atoms with Gasteiger partial charge in [0, 0.05) is 0 Å². The van der Waals surface area contributed by atoms with Crippen LogP contribution < -0.4 is 10.5 Å². The summed E-state index contributed by atoms with van der Waals surface area (Å²) in [4.78, 5) is 4.37. The minimum absolute atomic E-state index is 0.105. The van der Waals surface area contributed by atoms with Crippen molar-refractivity contribution in [3.63, 3.8) is 0 Å². The summed E-state index contributed by atoms with van der Waals surface area (Å²) in [6.45, 7) is 4.09. The van der Waals surface area contributed by atoms with Crippen LogP contribution in [0.1, 0.15) is 25.8 Å². The first kappa shape index (κ1) is 16.8. The molecule has 2 aliphatic heterocycles. The first-order valence-corrected chi connectivity index (χ1v) is 8.60. The number of amidine groups is 1. The maximum absolute atomic E-state index is 10.3. The molecule has 4 rings (SSSR count). The Kier molecular flexibility index (Phi) is 3.22. The molecule has 0 bridgehead atoms. The third kappa shape index (κ3) is 1.38. The lowest BCUT2D eigenvalue weighted by Crippen LogP contribution is -2.43. The maximum atomic E-state index is 10.3. The zero-order valence-electron chi connectivity index (χ0n) is 14.9. The van der Waals surface area contributed by atoms with Crippen molar-refractivity contribution >= 4 is 5.84 Å². The summed E-state index contributed by atoms with van der Waals surface area (Å²) in [6, 6.07) is 12.1. The third-order valence-corrected chi connectivity index (χ3v) is 6.23. The largest absolute Gasteiger partial charge is 0.497 e. The van der Waals surface area contributed by atoms with Crippen LogP contribution in [-0.4, -0.2) is 31.6 Å². The molecule has 0 amide bonds. The van der Waals surface area contributed by atoms with E-state index in [4.69, 9.17) is 19.9 Å². The Morgan fingerprint density at radius 1 is 1.31 bits per heavy atom. The fourth-order valence-electron chi connectivity index (χ4n) is 5.23. The molecule has 1 aromatic rings. The van der Waals surface area contributed by atoms with E-state index in [2.05, 4.69) is 17.1 Å². The summed E-state index contributed by atoms with van der Waals surface area (Å²) in [7, 11) is 1.59. The molecule has 1 spiro atoms. The van der Waals surface area contributed by atoms with Crippen molar-refractivity contribution in [3.05, 3.63) is 29.8 Å². The van der Waals surface area contributed by atoms with Crippen LogP contribution in [0.15, 0.2) is 29.3 Å². The number of rotatable bonds is 3. The molecule has 1 aliphatic carbocycles. The van der Waals surface area contributed by atoms with Crippen molar-refractivity contribution in [2.45, 2.75) is 37.7 Å². The molecule has 3 aliphatic rings. The number of aliphatic imine (C=N–C) groups is 1.